The van der Waals surface area contributed by atoms with Crippen molar-refractivity contribution >= 4 is 39.1 Å². The number of aliphatic carboxylic acids is 1. The zero-order chi connectivity index (χ0) is 18.7. The van der Waals surface area contributed by atoms with Crippen molar-refractivity contribution in [3.05, 3.63) is 64.4 Å². The zero-order valence-electron chi connectivity index (χ0n) is 14.3. The lowest BCUT2D eigenvalue weighted by Crippen LogP contribution is -2.32. The van der Waals surface area contributed by atoms with Gasteiger partial charge in [0.25, 0.3) is 0 Å². The van der Waals surface area contributed by atoms with E-state index in [4.69, 9.17) is 4.74 Å². The maximum Gasteiger partial charge on any atom is 0.142 e. The number of hydrogen-bond acceptors (Lipinski definition) is 6. The lowest BCUT2D eigenvalue weighted by molar-refractivity contribution is -0.307. The van der Waals surface area contributed by atoms with Gasteiger partial charge < -0.3 is 20.0 Å². The average molecular weight is 415 g/mol. The molecule has 0 fully saturated rings. The first-order valence-electron chi connectivity index (χ1n) is 8.01. The molecule has 7 heteroatoms. The number of carboxylic acids is 1. The van der Waals surface area contributed by atoms with Gasteiger partial charge in [-0.2, -0.15) is 0 Å². The number of carboxylic acid groups (broad SMARTS) is 1. The quantitative estimate of drug-likeness (QED) is 0.811. The topological polar surface area (TPSA) is 86.6 Å². The molecular formula is C19H17BrN3O3-. The van der Waals surface area contributed by atoms with Gasteiger partial charge in [-0.15, -0.1) is 0 Å². The Bertz CT molecular complexity index is 881. The Labute approximate surface area is 159 Å². The molecule has 0 radical (unpaired) electrons. The van der Waals surface area contributed by atoms with Crippen LogP contribution in [0.1, 0.15) is 24.1 Å². The van der Waals surface area contributed by atoms with E-state index in [1.165, 1.54) is 0 Å². The summed E-state index contributed by atoms with van der Waals surface area (Å²) in [6.45, 7) is 1.89. The number of aromatic nitrogens is 1. The second-order valence-corrected chi connectivity index (χ2v) is 6.57. The van der Waals surface area contributed by atoms with E-state index in [0.717, 1.165) is 5.69 Å². The van der Waals surface area contributed by atoms with Gasteiger partial charge >= 0.3 is 0 Å². The van der Waals surface area contributed by atoms with E-state index in [2.05, 4.69) is 31.2 Å². The maximum absolute atomic E-state index is 11.8. The molecule has 0 bridgehead atoms. The Balaban J connectivity index is 2.10. The van der Waals surface area contributed by atoms with E-state index in [9.17, 15) is 9.90 Å². The third-order valence-electron chi connectivity index (χ3n) is 4.07. The van der Waals surface area contributed by atoms with E-state index < -0.39 is 12.0 Å². The minimum atomic E-state index is -1.26. The number of pyridine rings is 1. The van der Waals surface area contributed by atoms with Gasteiger partial charge in [0.05, 0.1) is 35.0 Å². The van der Waals surface area contributed by atoms with E-state index in [1.54, 1.807) is 31.6 Å². The molecule has 2 atom stereocenters. The Morgan fingerprint density at radius 1 is 1.31 bits per heavy atom. The van der Waals surface area contributed by atoms with Crippen molar-refractivity contribution < 1.29 is 14.6 Å². The van der Waals surface area contributed by atoms with Gasteiger partial charge in [-0.3, -0.25) is 9.98 Å². The summed E-state index contributed by atoms with van der Waals surface area (Å²) >= 11 is 3.55. The van der Waals surface area contributed by atoms with Crippen molar-refractivity contribution in [2.75, 3.05) is 12.4 Å². The number of ether oxygens (including phenoxy) is 1. The number of benzene rings is 1. The van der Waals surface area contributed by atoms with Gasteiger partial charge in [0, 0.05) is 18.0 Å². The first-order valence-corrected chi connectivity index (χ1v) is 8.80. The van der Waals surface area contributed by atoms with E-state index in [1.807, 2.05) is 31.2 Å². The van der Waals surface area contributed by atoms with Gasteiger partial charge in [0.1, 0.15) is 11.8 Å². The van der Waals surface area contributed by atoms with E-state index in [0.29, 0.717) is 27.1 Å². The number of rotatable bonds is 5. The molecule has 1 aliphatic heterocycles. The largest absolute Gasteiger partial charge is 0.547 e. The number of anilines is 1. The van der Waals surface area contributed by atoms with Crippen LogP contribution in [0.15, 0.2) is 58.3 Å². The van der Waals surface area contributed by atoms with Crippen LogP contribution >= 0.6 is 15.9 Å². The molecule has 2 aromatic rings. The van der Waals surface area contributed by atoms with Gasteiger partial charge in [-0.1, -0.05) is 24.3 Å². The van der Waals surface area contributed by atoms with Crippen LogP contribution in [0.3, 0.4) is 0 Å². The minimum Gasteiger partial charge on any atom is -0.547 e. The summed E-state index contributed by atoms with van der Waals surface area (Å²) in [6, 6.07) is 9.40. The fourth-order valence-electron chi connectivity index (χ4n) is 2.89. The molecule has 0 saturated carbocycles. The number of methoxy groups -OCH3 is 1. The number of carbonyl (C=O) groups is 1. The van der Waals surface area contributed by atoms with Gasteiger partial charge in [0.15, 0.2) is 0 Å². The number of nitrogens with one attached hydrogen (secondary N) is 1. The fourth-order valence-corrected chi connectivity index (χ4v) is 3.71. The monoisotopic (exact) mass is 414 g/mol. The highest BCUT2D eigenvalue weighted by Gasteiger charge is 2.28. The first kappa shape index (κ1) is 18.1. The molecule has 0 spiro atoms. The number of hydrogen-bond donors (Lipinski definition) is 1. The summed E-state index contributed by atoms with van der Waals surface area (Å²) in [7, 11) is 1.55. The third kappa shape index (κ3) is 3.48. The summed E-state index contributed by atoms with van der Waals surface area (Å²) in [4.78, 5) is 20.3. The summed E-state index contributed by atoms with van der Waals surface area (Å²) in [6.07, 6.45) is 3.37. The highest BCUT2D eigenvalue weighted by molar-refractivity contribution is 9.12. The van der Waals surface area contributed by atoms with Crippen LogP contribution in [0.25, 0.3) is 5.76 Å². The maximum atomic E-state index is 11.8. The van der Waals surface area contributed by atoms with Crippen molar-refractivity contribution in [1.29, 1.82) is 0 Å². The normalized spacial score (nSPS) is 17.7. The van der Waals surface area contributed by atoms with Crippen LogP contribution < -0.4 is 10.4 Å². The van der Waals surface area contributed by atoms with Crippen molar-refractivity contribution in [1.82, 2.24) is 4.98 Å². The molecule has 2 heterocycles. The van der Waals surface area contributed by atoms with Gasteiger partial charge in [0.2, 0.25) is 0 Å². The molecular weight excluding hydrogens is 398 g/mol. The second-order valence-electron chi connectivity index (χ2n) is 5.78. The van der Waals surface area contributed by atoms with Gasteiger partial charge in [-0.05, 0) is 40.5 Å². The van der Waals surface area contributed by atoms with Gasteiger partial charge in [-0.25, -0.2) is 0 Å². The minimum absolute atomic E-state index is 0.296. The molecule has 0 aliphatic carbocycles. The Hall–Kier alpha value is -2.67. The molecule has 134 valence electrons. The van der Waals surface area contributed by atoms with Crippen molar-refractivity contribution in [3.63, 3.8) is 0 Å². The third-order valence-corrected chi connectivity index (χ3v) is 4.84. The van der Waals surface area contributed by atoms with Crippen LogP contribution in [0.2, 0.25) is 0 Å². The van der Waals surface area contributed by atoms with Crippen molar-refractivity contribution in [3.8, 4) is 0 Å². The number of fused-ring (bicyclic) bond motifs is 1. The molecule has 0 unspecified atom stereocenters. The number of aliphatic imine (C=N–C) groups is 1. The van der Waals surface area contributed by atoms with Crippen LogP contribution in [0.5, 0.6) is 0 Å². The van der Waals surface area contributed by atoms with Crippen molar-refractivity contribution in [2.45, 2.75) is 19.0 Å². The Morgan fingerprint density at radius 3 is 2.73 bits per heavy atom. The van der Waals surface area contributed by atoms with E-state index in [-0.39, 0.29) is 6.04 Å². The molecule has 1 N–H and O–H groups in total. The molecule has 26 heavy (non-hydrogen) atoms. The lowest BCUT2D eigenvalue weighted by atomic mass is 10.00. The second kappa shape index (κ2) is 7.70. The molecule has 1 aliphatic rings. The average Bonchev–Trinajstić information content (AvgIpc) is 2.76. The predicted molar refractivity (Wildman–Crippen MR) is 102 cm³/mol. The summed E-state index contributed by atoms with van der Waals surface area (Å²) in [5, 5.41) is 15.0. The summed E-state index contributed by atoms with van der Waals surface area (Å²) in [5.74, 6) is -0.732. The lowest BCUT2D eigenvalue weighted by Gasteiger charge is -2.20. The predicted octanol–water partition coefficient (Wildman–Crippen LogP) is 2.54. The Morgan fingerprint density at radius 2 is 2.08 bits per heavy atom. The van der Waals surface area contributed by atoms with E-state index >= 15 is 0 Å². The smallest absolute Gasteiger partial charge is 0.142 e. The highest BCUT2D eigenvalue weighted by Crippen LogP contribution is 2.36. The standard InChI is InChI=1S/C19H18BrN3O3/c1-11(22-12-6-5-9-21-10-12)16-15(20)18(26-2)14-8-4-3-7-13(14)17(23-16)19(24)25/h3-11,17,22H,1-2H3,(H,24,25)/p-1/t11-,17+/m0/s1. The molecule has 0 amide bonds. The first-order chi connectivity index (χ1) is 12.5. The number of nitrogens with zero attached hydrogens (tertiary/aromatic N) is 2. The summed E-state index contributed by atoms with van der Waals surface area (Å²) < 4.78 is 6.16. The van der Waals surface area contributed by atoms with Crippen LogP contribution in [0.4, 0.5) is 5.69 Å². The molecule has 1 aromatic heterocycles. The number of halogens is 1. The SMILES string of the molecule is COC1=C(Br)C([C@H](C)Nc2cccnc2)=N[C@@H](C(=O)[O-])c2ccccc21. The molecule has 1 aromatic carbocycles. The van der Waals surface area contributed by atoms with Crippen LogP contribution in [0, 0.1) is 0 Å². The summed E-state index contributed by atoms with van der Waals surface area (Å²) in [5.41, 5.74) is 2.53. The van der Waals surface area contributed by atoms with Crippen LogP contribution in [-0.4, -0.2) is 29.8 Å². The molecule has 0 saturated heterocycles. The number of carbonyl (C=O) groups excluding carboxylic acids is 1. The van der Waals surface area contributed by atoms with Crippen molar-refractivity contribution in [2.24, 2.45) is 4.99 Å². The molecule has 3 rings (SSSR count). The van der Waals surface area contributed by atoms with Crippen LogP contribution in [-0.2, 0) is 9.53 Å². The Kier molecular flexibility index (Phi) is 5.37. The zero-order valence-corrected chi connectivity index (χ0v) is 15.9. The highest BCUT2D eigenvalue weighted by atomic mass is 79.9. The fraction of sp³-hybridized carbons (Fsp3) is 0.211. The molecule has 6 nitrogen and oxygen atoms in total.